The van der Waals surface area contributed by atoms with Crippen LogP contribution in [0.15, 0.2) is 40.2 Å². The molecule has 30 heavy (non-hydrogen) atoms. The molecule has 0 saturated heterocycles. The molecule has 0 spiro atoms. The van der Waals surface area contributed by atoms with Crippen molar-refractivity contribution in [3.05, 3.63) is 58.2 Å². The predicted molar refractivity (Wildman–Crippen MR) is 112 cm³/mol. The fourth-order valence-corrected chi connectivity index (χ4v) is 3.61. The van der Waals surface area contributed by atoms with E-state index >= 15 is 0 Å². The Morgan fingerprint density at radius 3 is 2.60 bits per heavy atom. The number of amides is 1. The highest BCUT2D eigenvalue weighted by Crippen LogP contribution is 2.27. The average Bonchev–Trinajstić information content (AvgIpc) is 3.31. The summed E-state index contributed by atoms with van der Waals surface area (Å²) in [5.41, 5.74) is 4.28. The first kappa shape index (κ1) is 19.7. The Bertz CT molecular complexity index is 1240. The van der Waals surface area contributed by atoms with Crippen LogP contribution in [0.1, 0.15) is 27.3 Å². The Morgan fingerprint density at radius 1 is 1.13 bits per heavy atom. The Balaban J connectivity index is 1.58. The monoisotopic (exact) mass is 422 g/mol. The summed E-state index contributed by atoms with van der Waals surface area (Å²) in [5.74, 6) is -1.13. The number of esters is 1. The van der Waals surface area contributed by atoms with Gasteiger partial charge in [0.2, 0.25) is 0 Å². The van der Waals surface area contributed by atoms with Crippen molar-refractivity contribution < 1.29 is 18.8 Å². The van der Waals surface area contributed by atoms with E-state index in [4.69, 9.17) is 9.26 Å². The minimum atomic E-state index is -0.660. The lowest BCUT2D eigenvalue weighted by molar-refractivity contribution is -0.119. The van der Waals surface area contributed by atoms with Gasteiger partial charge >= 0.3 is 5.97 Å². The summed E-state index contributed by atoms with van der Waals surface area (Å²) >= 11 is 1.30. The van der Waals surface area contributed by atoms with Gasteiger partial charge in [0.1, 0.15) is 0 Å². The number of rotatable bonds is 5. The van der Waals surface area contributed by atoms with E-state index in [1.165, 1.54) is 11.3 Å². The third kappa shape index (κ3) is 4.06. The molecule has 0 fully saturated rings. The number of nitrogens with one attached hydrogen (secondary N) is 1. The summed E-state index contributed by atoms with van der Waals surface area (Å²) in [6.45, 7) is 5.09. The molecule has 1 N–H and O–H groups in total. The normalized spacial score (nSPS) is 10.9. The second-order valence-electron chi connectivity index (χ2n) is 6.79. The van der Waals surface area contributed by atoms with Gasteiger partial charge < -0.3 is 9.26 Å². The van der Waals surface area contributed by atoms with Crippen molar-refractivity contribution in [3.8, 4) is 11.3 Å². The van der Waals surface area contributed by atoms with Gasteiger partial charge in [0.05, 0.1) is 28.0 Å². The van der Waals surface area contributed by atoms with Crippen LogP contribution in [0.25, 0.3) is 22.4 Å². The summed E-state index contributed by atoms with van der Waals surface area (Å²) in [6.07, 6.45) is 0. The number of pyridine rings is 1. The van der Waals surface area contributed by atoms with Crippen LogP contribution in [0.5, 0.6) is 0 Å². The van der Waals surface area contributed by atoms with Gasteiger partial charge in [0.15, 0.2) is 11.7 Å². The molecular weight excluding hydrogens is 404 g/mol. The maximum Gasteiger partial charge on any atom is 0.339 e. The lowest BCUT2D eigenvalue weighted by Crippen LogP contribution is -2.21. The first-order valence-electron chi connectivity index (χ1n) is 9.14. The smallest absolute Gasteiger partial charge is 0.339 e. The molecule has 9 heteroatoms. The van der Waals surface area contributed by atoms with Crippen molar-refractivity contribution in [1.29, 1.82) is 0 Å². The Labute approximate surface area is 175 Å². The van der Waals surface area contributed by atoms with Crippen LogP contribution < -0.4 is 5.32 Å². The maximum absolute atomic E-state index is 12.8. The van der Waals surface area contributed by atoms with Crippen LogP contribution in [0.2, 0.25) is 0 Å². The average molecular weight is 422 g/mol. The largest absolute Gasteiger partial charge is 0.452 e. The summed E-state index contributed by atoms with van der Waals surface area (Å²) in [5, 5.41) is 9.25. The van der Waals surface area contributed by atoms with Crippen LogP contribution in [0.4, 0.5) is 5.13 Å². The molecule has 0 aliphatic heterocycles. The number of carbonyl (C=O) groups excluding carboxylic acids is 2. The standard InChI is InChI=1S/C21H18N4O4S/c1-11-4-6-14(7-5-11)16-8-15(18-13(3)25-29-19(18)23-16)20(27)28-9-17(26)24-21-22-12(2)10-30-21/h4-8,10H,9H2,1-3H3,(H,22,24,26). The lowest BCUT2D eigenvalue weighted by Gasteiger charge is -2.08. The first-order valence-corrected chi connectivity index (χ1v) is 10.0. The number of ether oxygens (including phenoxy) is 1. The van der Waals surface area contributed by atoms with Crippen molar-refractivity contribution in [3.63, 3.8) is 0 Å². The number of thiazole rings is 1. The Kier molecular flexibility index (Phi) is 5.28. The van der Waals surface area contributed by atoms with Gasteiger partial charge in [-0.15, -0.1) is 11.3 Å². The summed E-state index contributed by atoms with van der Waals surface area (Å²) in [4.78, 5) is 33.5. The molecule has 0 saturated carbocycles. The Hall–Kier alpha value is -3.59. The highest BCUT2D eigenvalue weighted by Gasteiger charge is 2.21. The minimum Gasteiger partial charge on any atom is -0.452 e. The van der Waals surface area contributed by atoms with Gasteiger partial charge in [-0.05, 0) is 26.8 Å². The van der Waals surface area contributed by atoms with Gasteiger partial charge in [0, 0.05) is 10.9 Å². The number of hydrogen-bond donors (Lipinski definition) is 1. The van der Waals surface area contributed by atoms with Gasteiger partial charge in [-0.25, -0.2) is 14.8 Å². The predicted octanol–water partition coefficient (Wildman–Crippen LogP) is 4.07. The lowest BCUT2D eigenvalue weighted by atomic mass is 10.0. The third-order valence-corrected chi connectivity index (χ3v) is 5.26. The van der Waals surface area contributed by atoms with E-state index in [2.05, 4.69) is 20.4 Å². The number of anilines is 1. The molecule has 0 aliphatic carbocycles. The fraction of sp³-hybridized carbons (Fsp3) is 0.190. The molecule has 4 rings (SSSR count). The number of aromatic nitrogens is 3. The number of fused-ring (bicyclic) bond motifs is 1. The zero-order valence-electron chi connectivity index (χ0n) is 16.6. The third-order valence-electron chi connectivity index (χ3n) is 4.38. The molecule has 0 unspecified atom stereocenters. The summed E-state index contributed by atoms with van der Waals surface area (Å²) in [6, 6.07) is 9.35. The van der Waals surface area contributed by atoms with Crippen LogP contribution in [0, 0.1) is 20.8 Å². The molecule has 152 valence electrons. The van der Waals surface area contributed by atoms with Crippen LogP contribution in [0.3, 0.4) is 0 Å². The van der Waals surface area contributed by atoms with Gasteiger partial charge in [-0.1, -0.05) is 35.0 Å². The topological polar surface area (TPSA) is 107 Å². The summed E-state index contributed by atoms with van der Waals surface area (Å²) < 4.78 is 10.5. The SMILES string of the molecule is Cc1ccc(-c2cc(C(=O)OCC(=O)Nc3nc(C)cs3)c3c(C)noc3n2)cc1. The zero-order valence-corrected chi connectivity index (χ0v) is 17.4. The Morgan fingerprint density at radius 2 is 1.90 bits per heavy atom. The molecule has 0 radical (unpaired) electrons. The van der Waals surface area contributed by atoms with E-state index in [1.54, 1.807) is 13.0 Å². The van der Waals surface area contributed by atoms with Crippen molar-refractivity contribution in [1.82, 2.24) is 15.1 Å². The number of benzene rings is 1. The molecule has 8 nitrogen and oxygen atoms in total. The van der Waals surface area contributed by atoms with E-state index in [-0.39, 0.29) is 11.3 Å². The molecule has 0 bridgehead atoms. The van der Waals surface area contributed by atoms with Crippen LogP contribution in [-0.2, 0) is 9.53 Å². The van der Waals surface area contributed by atoms with E-state index < -0.39 is 18.5 Å². The van der Waals surface area contributed by atoms with E-state index in [9.17, 15) is 9.59 Å². The minimum absolute atomic E-state index is 0.236. The highest BCUT2D eigenvalue weighted by molar-refractivity contribution is 7.13. The summed E-state index contributed by atoms with van der Waals surface area (Å²) in [7, 11) is 0. The molecule has 0 aliphatic rings. The number of nitrogens with zero attached hydrogens (tertiary/aromatic N) is 3. The number of carbonyl (C=O) groups is 2. The zero-order chi connectivity index (χ0) is 21.3. The van der Waals surface area contributed by atoms with E-state index in [0.29, 0.717) is 21.9 Å². The van der Waals surface area contributed by atoms with E-state index in [0.717, 1.165) is 16.8 Å². The molecule has 1 amide bonds. The van der Waals surface area contributed by atoms with Crippen molar-refractivity contribution in [2.45, 2.75) is 20.8 Å². The second kappa shape index (κ2) is 8.03. The van der Waals surface area contributed by atoms with Crippen LogP contribution in [-0.4, -0.2) is 33.6 Å². The van der Waals surface area contributed by atoms with Gasteiger partial charge in [-0.3, -0.25) is 10.1 Å². The molecule has 1 aromatic carbocycles. The van der Waals surface area contributed by atoms with Crippen molar-refractivity contribution in [2.24, 2.45) is 0 Å². The molecule has 3 heterocycles. The van der Waals surface area contributed by atoms with Crippen molar-refractivity contribution >= 4 is 39.4 Å². The maximum atomic E-state index is 12.8. The van der Waals surface area contributed by atoms with Crippen molar-refractivity contribution in [2.75, 3.05) is 11.9 Å². The van der Waals surface area contributed by atoms with Gasteiger partial charge in [-0.2, -0.15) is 0 Å². The van der Waals surface area contributed by atoms with Crippen LogP contribution >= 0.6 is 11.3 Å². The first-order chi connectivity index (χ1) is 14.4. The van der Waals surface area contributed by atoms with Gasteiger partial charge in [0.25, 0.3) is 11.6 Å². The molecular formula is C21H18N4O4S. The molecule has 3 aromatic heterocycles. The molecule has 4 aromatic rings. The molecule has 0 atom stereocenters. The van der Waals surface area contributed by atoms with E-state index in [1.807, 2.05) is 43.5 Å². The second-order valence-corrected chi connectivity index (χ2v) is 7.65. The highest BCUT2D eigenvalue weighted by atomic mass is 32.1. The number of aryl methyl sites for hydroxylation is 3. The quantitative estimate of drug-likeness (QED) is 0.483. The number of hydrogen-bond acceptors (Lipinski definition) is 8. The fourth-order valence-electron chi connectivity index (χ4n) is 2.90.